The lowest BCUT2D eigenvalue weighted by Crippen LogP contribution is -2.37. The minimum Gasteiger partial charge on any atom is -0.497 e. The first-order valence-electron chi connectivity index (χ1n) is 10.3. The molecule has 0 amide bonds. The first kappa shape index (κ1) is 22.1. The third kappa shape index (κ3) is 6.21. The van der Waals surface area contributed by atoms with E-state index < -0.39 is 0 Å². The number of methoxy groups -OCH3 is 1. The zero-order chi connectivity index (χ0) is 22.1. The van der Waals surface area contributed by atoms with Crippen LogP contribution in [0.1, 0.15) is 29.7 Å². The number of aromatic nitrogens is 3. The lowest BCUT2D eigenvalue weighted by atomic mass is 10.2. The molecule has 2 aromatic carbocycles. The van der Waals surface area contributed by atoms with Gasteiger partial charge >= 0.3 is 0 Å². The minimum atomic E-state index is 0.513. The summed E-state index contributed by atoms with van der Waals surface area (Å²) in [6.45, 7) is 6.17. The number of rotatable bonds is 9. The Kier molecular flexibility index (Phi) is 7.86. The van der Waals surface area contributed by atoms with Gasteiger partial charge in [-0.2, -0.15) is 0 Å². The second kappa shape index (κ2) is 11.0. The van der Waals surface area contributed by atoms with Crippen molar-refractivity contribution in [3.8, 4) is 11.5 Å². The zero-order valence-electron chi connectivity index (χ0n) is 18.6. The van der Waals surface area contributed by atoms with Gasteiger partial charge in [-0.3, -0.25) is 0 Å². The molecule has 0 saturated heterocycles. The average Bonchev–Trinajstić information content (AvgIpc) is 3.12. The van der Waals surface area contributed by atoms with Crippen LogP contribution in [0, 0.1) is 6.92 Å². The third-order valence-corrected chi connectivity index (χ3v) is 4.89. The van der Waals surface area contributed by atoms with Crippen molar-refractivity contribution < 1.29 is 9.47 Å². The van der Waals surface area contributed by atoms with Gasteiger partial charge in [0.2, 0.25) is 0 Å². The first-order valence-corrected chi connectivity index (χ1v) is 10.3. The fourth-order valence-electron chi connectivity index (χ4n) is 2.97. The van der Waals surface area contributed by atoms with Gasteiger partial charge in [-0.15, -0.1) is 10.2 Å². The Morgan fingerprint density at radius 2 is 1.77 bits per heavy atom. The van der Waals surface area contributed by atoms with E-state index in [1.165, 1.54) is 0 Å². The first-order chi connectivity index (χ1) is 15.1. The van der Waals surface area contributed by atoms with E-state index >= 15 is 0 Å². The fraction of sp³-hybridized carbons (Fsp3) is 0.348. The summed E-state index contributed by atoms with van der Waals surface area (Å²) < 4.78 is 12.9. The Bertz CT molecular complexity index is 998. The third-order valence-electron chi connectivity index (χ3n) is 4.89. The molecule has 1 aromatic heterocycles. The molecule has 1 heterocycles. The van der Waals surface area contributed by atoms with Gasteiger partial charge in [0.05, 0.1) is 26.8 Å². The highest BCUT2D eigenvalue weighted by Gasteiger charge is 2.08. The Balaban J connectivity index is 1.71. The molecule has 0 saturated carbocycles. The zero-order valence-corrected chi connectivity index (χ0v) is 18.6. The highest BCUT2D eigenvalue weighted by atomic mass is 16.5. The van der Waals surface area contributed by atoms with Crippen molar-refractivity contribution in [2.75, 3.05) is 13.7 Å². The number of aryl methyl sites for hydroxylation is 1. The molecule has 8 nitrogen and oxygen atoms in total. The Morgan fingerprint density at radius 1 is 1.03 bits per heavy atom. The molecule has 0 fully saturated rings. The lowest BCUT2D eigenvalue weighted by Gasteiger charge is -2.15. The molecular formula is C23H30N6O2. The number of benzene rings is 2. The molecule has 3 aromatic rings. The standard InChI is InChI=1S/C23H30N6O2/c1-5-31-21-9-7-6-8-19(21)15-25-23(26-16-22-28-27-17(2)29(22)3)24-14-18-10-12-20(30-4)13-11-18/h6-13H,5,14-16H2,1-4H3,(H2,24,25,26). The molecule has 0 unspecified atom stereocenters. The fourth-order valence-corrected chi connectivity index (χ4v) is 2.97. The highest BCUT2D eigenvalue weighted by molar-refractivity contribution is 5.79. The van der Waals surface area contributed by atoms with Gasteiger partial charge in [0, 0.05) is 19.2 Å². The van der Waals surface area contributed by atoms with Crippen molar-refractivity contribution in [1.82, 2.24) is 25.4 Å². The van der Waals surface area contributed by atoms with Crippen molar-refractivity contribution in [2.24, 2.45) is 12.0 Å². The van der Waals surface area contributed by atoms with E-state index in [9.17, 15) is 0 Å². The monoisotopic (exact) mass is 422 g/mol. The SMILES string of the molecule is CCOc1ccccc1CNC(=NCc1ccc(OC)cc1)NCc1nnc(C)n1C. The number of nitrogens with zero attached hydrogens (tertiary/aromatic N) is 4. The minimum absolute atomic E-state index is 0.513. The maximum absolute atomic E-state index is 5.73. The predicted octanol–water partition coefficient (Wildman–Crippen LogP) is 2.97. The second-order valence-corrected chi connectivity index (χ2v) is 6.98. The van der Waals surface area contributed by atoms with E-state index in [0.29, 0.717) is 32.2 Å². The summed E-state index contributed by atoms with van der Waals surface area (Å²) in [5.41, 5.74) is 2.16. The van der Waals surface area contributed by atoms with Crippen molar-refractivity contribution in [3.05, 3.63) is 71.3 Å². The van der Waals surface area contributed by atoms with Gasteiger partial charge in [0.25, 0.3) is 0 Å². The molecule has 0 aliphatic heterocycles. The molecule has 0 bridgehead atoms. The Hall–Kier alpha value is -3.55. The van der Waals surface area contributed by atoms with Crippen LogP contribution >= 0.6 is 0 Å². The summed E-state index contributed by atoms with van der Waals surface area (Å²) in [5, 5.41) is 15.1. The van der Waals surface area contributed by atoms with E-state index in [-0.39, 0.29) is 0 Å². The van der Waals surface area contributed by atoms with E-state index in [2.05, 4.69) is 20.8 Å². The highest BCUT2D eigenvalue weighted by Crippen LogP contribution is 2.17. The number of hydrogen-bond donors (Lipinski definition) is 2. The largest absolute Gasteiger partial charge is 0.497 e. The summed E-state index contributed by atoms with van der Waals surface area (Å²) in [4.78, 5) is 4.75. The van der Waals surface area contributed by atoms with Crippen LogP contribution in [-0.2, 0) is 26.7 Å². The summed E-state index contributed by atoms with van der Waals surface area (Å²) in [6.07, 6.45) is 0. The smallest absolute Gasteiger partial charge is 0.192 e. The van der Waals surface area contributed by atoms with Gasteiger partial charge in [0.1, 0.15) is 17.3 Å². The molecule has 0 spiro atoms. The van der Waals surface area contributed by atoms with E-state index in [0.717, 1.165) is 34.3 Å². The summed E-state index contributed by atoms with van der Waals surface area (Å²) in [6, 6.07) is 15.9. The van der Waals surface area contributed by atoms with Crippen LogP contribution in [0.2, 0.25) is 0 Å². The lowest BCUT2D eigenvalue weighted by molar-refractivity contribution is 0.336. The average molecular weight is 423 g/mol. The number of guanidine groups is 1. The van der Waals surface area contributed by atoms with Crippen LogP contribution < -0.4 is 20.1 Å². The maximum atomic E-state index is 5.73. The van der Waals surface area contributed by atoms with Crippen LogP contribution in [0.25, 0.3) is 0 Å². The van der Waals surface area contributed by atoms with Crippen molar-refractivity contribution in [1.29, 1.82) is 0 Å². The van der Waals surface area contributed by atoms with Crippen LogP contribution in [0.15, 0.2) is 53.5 Å². The van der Waals surface area contributed by atoms with Crippen LogP contribution in [0.3, 0.4) is 0 Å². The quantitative estimate of drug-likeness (QED) is 0.407. The van der Waals surface area contributed by atoms with E-state index in [1.54, 1.807) is 7.11 Å². The van der Waals surface area contributed by atoms with Gasteiger partial charge in [-0.25, -0.2) is 4.99 Å². The topological polar surface area (TPSA) is 85.6 Å². The van der Waals surface area contributed by atoms with E-state index in [1.807, 2.05) is 74.0 Å². The van der Waals surface area contributed by atoms with Gasteiger partial charge in [-0.05, 0) is 37.6 Å². The normalized spacial score (nSPS) is 11.3. The van der Waals surface area contributed by atoms with Gasteiger partial charge < -0.3 is 24.7 Å². The van der Waals surface area contributed by atoms with Crippen LogP contribution in [-0.4, -0.2) is 34.4 Å². The number of hydrogen-bond acceptors (Lipinski definition) is 5. The number of para-hydroxylation sites is 1. The van der Waals surface area contributed by atoms with Crippen molar-refractivity contribution in [3.63, 3.8) is 0 Å². The van der Waals surface area contributed by atoms with Crippen molar-refractivity contribution >= 4 is 5.96 Å². The van der Waals surface area contributed by atoms with Crippen LogP contribution in [0.5, 0.6) is 11.5 Å². The summed E-state index contributed by atoms with van der Waals surface area (Å²) >= 11 is 0. The molecule has 164 valence electrons. The number of aliphatic imine (C=N–C) groups is 1. The molecule has 31 heavy (non-hydrogen) atoms. The molecule has 0 radical (unpaired) electrons. The predicted molar refractivity (Wildman–Crippen MR) is 121 cm³/mol. The molecule has 0 atom stereocenters. The molecular weight excluding hydrogens is 392 g/mol. The molecule has 8 heteroatoms. The Labute approximate surface area is 183 Å². The molecule has 3 rings (SSSR count). The molecule has 0 aliphatic carbocycles. The van der Waals surface area contributed by atoms with Crippen molar-refractivity contribution in [2.45, 2.75) is 33.5 Å². The van der Waals surface area contributed by atoms with E-state index in [4.69, 9.17) is 14.5 Å². The number of ether oxygens (including phenoxy) is 2. The molecule has 0 aliphatic rings. The summed E-state index contributed by atoms with van der Waals surface area (Å²) in [7, 11) is 3.61. The van der Waals surface area contributed by atoms with Gasteiger partial charge in [0.15, 0.2) is 11.8 Å². The van der Waals surface area contributed by atoms with Gasteiger partial charge in [-0.1, -0.05) is 30.3 Å². The Morgan fingerprint density at radius 3 is 2.45 bits per heavy atom. The molecule has 2 N–H and O–H groups in total. The maximum Gasteiger partial charge on any atom is 0.192 e. The summed E-state index contributed by atoms with van der Waals surface area (Å²) in [5.74, 6) is 4.09. The van der Waals surface area contributed by atoms with Crippen LogP contribution in [0.4, 0.5) is 0 Å². The second-order valence-electron chi connectivity index (χ2n) is 6.98. The number of nitrogens with one attached hydrogen (secondary N) is 2.